The molecular formula is C26H23N3O4. The predicted molar refractivity (Wildman–Crippen MR) is 127 cm³/mol. The van der Waals surface area contributed by atoms with Gasteiger partial charge < -0.3 is 14.6 Å². The molecule has 0 radical (unpaired) electrons. The molecule has 0 aliphatic heterocycles. The van der Waals surface area contributed by atoms with Gasteiger partial charge in [0.05, 0.1) is 23.6 Å². The maximum Gasteiger partial charge on any atom is 0.244 e. The molecule has 4 aromatic rings. The molecule has 0 atom stereocenters. The Hall–Kier alpha value is -4.26. The van der Waals surface area contributed by atoms with E-state index in [9.17, 15) is 14.4 Å². The topological polar surface area (TPSA) is 90.3 Å². The number of fused-ring (bicyclic) bond motifs is 1. The van der Waals surface area contributed by atoms with Gasteiger partial charge in [-0.3, -0.25) is 19.4 Å². The van der Waals surface area contributed by atoms with Gasteiger partial charge in [-0.2, -0.15) is 0 Å². The van der Waals surface area contributed by atoms with E-state index in [0.717, 1.165) is 16.8 Å². The van der Waals surface area contributed by atoms with Crippen LogP contribution in [0.4, 0.5) is 5.69 Å². The molecule has 4 rings (SSSR count). The van der Waals surface area contributed by atoms with Gasteiger partial charge in [0.2, 0.25) is 11.3 Å². The molecule has 0 fully saturated rings. The number of anilines is 1. The van der Waals surface area contributed by atoms with Crippen LogP contribution in [0.25, 0.3) is 10.9 Å². The summed E-state index contributed by atoms with van der Waals surface area (Å²) in [6.45, 7) is 3.78. The molecule has 7 heteroatoms. The average Bonchev–Trinajstić information content (AvgIpc) is 2.83. The lowest BCUT2D eigenvalue weighted by molar-refractivity contribution is -0.116. The van der Waals surface area contributed by atoms with Crippen molar-refractivity contribution in [1.82, 2.24) is 9.55 Å². The van der Waals surface area contributed by atoms with Crippen LogP contribution in [0.1, 0.15) is 27.0 Å². The van der Waals surface area contributed by atoms with Gasteiger partial charge in [-0.05, 0) is 55.3 Å². The van der Waals surface area contributed by atoms with Gasteiger partial charge in [0, 0.05) is 29.8 Å². The zero-order valence-corrected chi connectivity index (χ0v) is 18.6. The van der Waals surface area contributed by atoms with Crippen molar-refractivity contribution in [2.45, 2.75) is 20.4 Å². The zero-order valence-electron chi connectivity index (χ0n) is 18.6. The highest BCUT2D eigenvalue weighted by Crippen LogP contribution is 2.22. The Bertz CT molecular complexity index is 1400. The molecule has 0 aliphatic rings. The minimum Gasteiger partial charge on any atom is -0.497 e. The number of benzene rings is 2. The van der Waals surface area contributed by atoms with Crippen LogP contribution in [0.15, 0.2) is 71.9 Å². The molecule has 33 heavy (non-hydrogen) atoms. The van der Waals surface area contributed by atoms with Crippen molar-refractivity contribution in [2.24, 2.45) is 0 Å². The number of carbonyl (C=O) groups is 2. The fourth-order valence-electron chi connectivity index (χ4n) is 3.80. The Morgan fingerprint density at radius 1 is 1.03 bits per heavy atom. The van der Waals surface area contributed by atoms with Crippen molar-refractivity contribution >= 4 is 28.3 Å². The van der Waals surface area contributed by atoms with Crippen LogP contribution in [-0.4, -0.2) is 28.4 Å². The first-order valence-electron chi connectivity index (χ1n) is 10.4. The van der Waals surface area contributed by atoms with Crippen LogP contribution in [0.2, 0.25) is 0 Å². The number of carbonyl (C=O) groups excluding carboxylic acids is 2. The molecule has 0 bridgehead atoms. The van der Waals surface area contributed by atoms with E-state index in [-0.39, 0.29) is 18.0 Å². The number of aryl methyl sites for hydroxylation is 2. The SMILES string of the molecule is COc1ccc2c(c1)c(=O)c(C(=O)c1ccncc1)cn2CC(=O)Nc1c(C)cccc1C. The first-order valence-corrected chi connectivity index (χ1v) is 10.4. The Morgan fingerprint density at radius 3 is 2.39 bits per heavy atom. The lowest BCUT2D eigenvalue weighted by Crippen LogP contribution is -2.24. The van der Waals surface area contributed by atoms with Crippen molar-refractivity contribution in [3.8, 4) is 5.75 Å². The molecule has 1 N–H and O–H groups in total. The number of nitrogens with zero attached hydrogens (tertiary/aromatic N) is 2. The quantitative estimate of drug-likeness (QED) is 0.459. The first kappa shape index (κ1) is 22.0. The van der Waals surface area contributed by atoms with E-state index in [1.165, 1.54) is 25.7 Å². The van der Waals surface area contributed by atoms with Crippen LogP contribution in [-0.2, 0) is 11.3 Å². The summed E-state index contributed by atoms with van der Waals surface area (Å²) in [7, 11) is 1.50. The Labute approximate surface area is 190 Å². The summed E-state index contributed by atoms with van der Waals surface area (Å²) in [6, 6.07) is 13.9. The summed E-state index contributed by atoms with van der Waals surface area (Å²) in [5, 5.41) is 3.25. The minimum absolute atomic E-state index is 0.0261. The lowest BCUT2D eigenvalue weighted by Gasteiger charge is -2.16. The number of nitrogens with one attached hydrogen (secondary N) is 1. The molecule has 0 unspecified atom stereocenters. The van der Waals surface area contributed by atoms with Gasteiger partial charge in [-0.1, -0.05) is 18.2 Å². The van der Waals surface area contributed by atoms with E-state index in [0.29, 0.717) is 22.2 Å². The number of amides is 1. The van der Waals surface area contributed by atoms with Crippen LogP contribution < -0.4 is 15.5 Å². The first-order chi connectivity index (χ1) is 15.9. The molecule has 166 valence electrons. The number of ketones is 1. The Morgan fingerprint density at radius 2 is 1.73 bits per heavy atom. The number of rotatable bonds is 6. The van der Waals surface area contributed by atoms with E-state index in [1.807, 2.05) is 32.0 Å². The van der Waals surface area contributed by atoms with Gasteiger partial charge >= 0.3 is 0 Å². The van der Waals surface area contributed by atoms with Crippen LogP contribution in [0.5, 0.6) is 5.75 Å². The van der Waals surface area contributed by atoms with Crippen molar-refractivity contribution < 1.29 is 14.3 Å². The van der Waals surface area contributed by atoms with Crippen molar-refractivity contribution in [3.63, 3.8) is 0 Å². The monoisotopic (exact) mass is 441 g/mol. The number of methoxy groups -OCH3 is 1. The Kier molecular flexibility index (Phi) is 6.04. The smallest absolute Gasteiger partial charge is 0.244 e. The highest BCUT2D eigenvalue weighted by Gasteiger charge is 2.19. The third kappa shape index (κ3) is 4.39. The number of aromatic nitrogens is 2. The molecule has 2 heterocycles. The number of hydrogen-bond donors (Lipinski definition) is 1. The van der Waals surface area contributed by atoms with Crippen molar-refractivity contribution in [2.75, 3.05) is 12.4 Å². The molecule has 2 aromatic carbocycles. The highest BCUT2D eigenvalue weighted by atomic mass is 16.5. The maximum atomic E-state index is 13.2. The number of ether oxygens (including phenoxy) is 1. The second-order valence-electron chi connectivity index (χ2n) is 7.76. The molecule has 0 aliphatic carbocycles. The predicted octanol–water partition coefficient (Wildman–Crippen LogP) is 3.89. The summed E-state index contributed by atoms with van der Waals surface area (Å²) >= 11 is 0. The normalized spacial score (nSPS) is 10.8. The Balaban J connectivity index is 1.80. The van der Waals surface area contributed by atoms with Crippen LogP contribution in [0, 0.1) is 13.8 Å². The van der Waals surface area contributed by atoms with Gasteiger partial charge in [0.25, 0.3) is 0 Å². The number of hydrogen-bond acceptors (Lipinski definition) is 5. The summed E-state index contributed by atoms with van der Waals surface area (Å²) in [6.07, 6.45) is 4.44. The largest absolute Gasteiger partial charge is 0.497 e. The van der Waals surface area contributed by atoms with Crippen LogP contribution >= 0.6 is 0 Å². The van der Waals surface area contributed by atoms with Gasteiger partial charge in [0.15, 0.2) is 5.78 Å². The second-order valence-corrected chi connectivity index (χ2v) is 7.76. The second kappa shape index (κ2) is 9.08. The fourth-order valence-corrected chi connectivity index (χ4v) is 3.80. The highest BCUT2D eigenvalue weighted by molar-refractivity contribution is 6.10. The fraction of sp³-hybridized carbons (Fsp3) is 0.154. The standard InChI is InChI=1S/C26H23N3O4/c1-16-5-4-6-17(2)24(16)28-23(30)15-29-14-21(25(31)18-9-11-27-12-10-18)26(32)20-13-19(33-3)7-8-22(20)29/h4-14H,15H2,1-3H3,(H,28,30). The summed E-state index contributed by atoms with van der Waals surface area (Å²) in [5.74, 6) is -0.217. The van der Waals surface area contributed by atoms with Crippen LogP contribution in [0.3, 0.4) is 0 Å². The third-order valence-corrected chi connectivity index (χ3v) is 5.53. The van der Waals surface area contributed by atoms with E-state index in [4.69, 9.17) is 4.74 Å². The summed E-state index contributed by atoms with van der Waals surface area (Å²) in [4.78, 5) is 43.2. The maximum absolute atomic E-state index is 13.2. The molecule has 0 spiro atoms. The van der Waals surface area contributed by atoms with E-state index >= 15 is 0 Å². The van der Waals surface area contributed by atoms with Crippen molar-refractivity contribution in [1.29, 1.82) is 0 Å². The average molecular weight is 441 g/mol. The van der Waals surface area contributed by atoms with Gasteiger partial charge in [0.1, 0.15) is 12.3 Å². The number of pyridine rings is 2. The summed E-state index contributed by atoms with van der Waals surface area (Å²) in [5.41, 5.74) is 3.08. The molecule has 0 saturated carbocycles. The zero-order chi connectivity index (χ0) is 23.5. The molecule has 0 saturated heterocycles. The minimum atomic E-state index is -0.434. The van der Waals surface area contributed by atoms with Crippen molar-refractivity contribution in [3.05, 3.63) is 99.6 Å². The molecule has 7 nitrogen and oxygen atoms in total. The lowest BCUT2D eigenvalue weighted by atomic mass is 10.0. The van der Waals surface area contributed by atoms with E-state index < -0.39 is 11.2 Å². The van der Waals surface area contributed by atoms with Gasteiger partial charge in [-0.25, -0.2) is 0 Å². The molecular weight excluding hydrogens is 418 g/mol. The molecule has 1 amide bonds. The molecule has 2 aromatic heterocycles. The third-order valence-electron chi connectivity index (χ3n) is 5.53. The van der Waals surface area contributed by atoms with E-state index in [2.05, 4.69) is 10.3 Å². The van der Waals surface area contributed by atoms with Gasteiger partial charge in [-0.15, -0.1) is 0 Å². The van der Waals surface area contributed by atoms with E-state index in [1.54, 1.807) is 34.9 Å². The number of para-hydroxylation sites is 1. The summed E-state index contributed by atoms with van der Waals surface area (Å²) < 4.78 is 6.89.